The van der Waals surface area contributed by atoms with Gasteiger partial charge in [0.1, 0.15) is 0 Å². The summed E-state index contributed by atoms with van der Waals surface area (Å²) < 4.78 is 8.18. The Balaban J connectivity index is 1.69. The van der Waals surface area contributed by atoms with Crippen LogP contribution in [0.5, 0.6) is 0 Å². The Labute approximate surface area is 172 Å². The molecule has 1 heterocycles. The van der Waals surface area contributed by atoms with E-state index in [1.54, 1.807) is 0 Å². The Morgan fingerprint density at radius 2 is 0.926 bits per heavy atom. The zero-order valence-corrected chi connectivity index (χ0v) is 17.2. The van der Waals surface area contributed by atoms with Gasteiger partial charge in [-0.3, -0.25) is 0 Å². The predicted molar refractivity (Wildman–Crippen MR) is 116 cm³/mol. The Kier molecular flexibility index (Phi) is 4.06. The van der Waals surface area contributed by atoms with Crippen molar-refractivity contribution < 1.29 is 4.42 Å². The summed E-state index contributed by atoms with van der Waals surface area (Å²) in [4.78, 5) is 0. The molecule has 0 aliphatic rings. The number of hydrogen-bond acceptors (Lipinski definition) is 3. The lowest BCUT2D eigenvalue weighted by atomic mass is 10.0. The van der Waals surface area contributed by atoms with E-state index in [1.165, 1.54) is 0 Å². The van der Waals surface area contributed by atoms with E-state index in [9.17, 15) is 0 Å². The fraction of sp³-hybridized carbons (Fsp3) is 0. The summed E-state index contributed by atoms with van der Waals surface area (Å²) in [6.45, 7) is 0. The first-order valence-corrected chi connectivity index (χ1v) is 10.00. The summed E-state index contributed by atoms with van der Waals surface area (Å²) in [5.41, 5.74) is 1.85. The maximum atomic E-state index is 6.10. The van der Waals surface area contributed by atoms with E-state index >= 15 is 0 Å². The minimum atomic E-state index is 0.515. The molecule has 4 aromatic carbocycles. The highest BCUT2D eigenvalue weighted by Gasteiger charge is 2.15. The molecule has 0 N–H and O–H groups in total. The second-order valence-electron chi connectivity index (χ2n) is 6.19. The third-order valence-electron chi connectivity index (χ3n) is 4.62. The Morgan fingerprint density at radius 1 is 0.519 bits per heavy atom. The second-order valence-corrected chi connectivity index (χ2v) is 7.90. The molecular weight excluding hydrogens is 468 g/mol. The van der Waals surface area contributed by atoms with Crippen LogP contribution in [0.25, 0.3) is 44.5 Å². The number of fused-ring (bicyclic) bond motifs is 2. The van der Waals surface area contributed by atoms with E-state index < -0.39 is 0 Å². The van der Waals surface area contributed by atoms with E-state index in [2.05, 4.69) is 66.3 Å². The molecule has 0 atom stereocenters. The van der Waals surface area contributed by atoms with E-state index in [-0.39, 0.29) is 0 Å². The molecule has 3 nitrogen and oxygen atoms in total. The summed E-state index contributed by atoms with van der Waals surface area (Å²) in [7, 11) is 0. The highest BCUT2D eigenvalue weighted by molar-refractivity contribution is 9.11. The summed E-state index contributed by atoms with van der Waals surface area (Å²) in [5.74, 6) is 1.03. The molecule has 130 valence electrons. The first-order chi connectivity index (χ1) is 13.2. The van der Waals surface area contributed by atoms with Gasteiger partial charge in [0.15, 0.2) is 0 Å². The molecule has 0 radical (unpaired) electrons. The van der Waals surface area contributed by atoms with Crippen LogP contribution in [0, 0.1) is 0 Å². The predicted octanol–water partition coefficient (Wildman–Crippen LogP) is 7.24. The van der Waals surface area contributed by atoms with Gasteiger partial charge in [-0.2, -0.15) is 0 Å². The molecule has 0 aliphatic heterocycles. The van der Waals surface area contributed by atoms with Crippen molar-refractivity contribution in [2.45, 2.75) is 0 Å². The lowest BCUT2D eigenvalue weighted by Crippen LogP contribution is -1.82. The molecule has 27 heavy (non-hydrogen) atoms. The molecular formula is C22H12Br2N2O. The molecule has 1 aromatic heterocycles. The maximum Gasteiger partial charge on any atom is 0.248 e. The minimum absolute atomic E-state index is 0.515. The first kappa shape index (κ1) is 16.7. The molecule has 0 saturated heterocycles. The number of hydrogen-bond donors (Lipinski definition) is 0. The van der Waals surface area contributed by atoms with Gasteiger partial charge in [-0.25, -0.2) is 0 Å². The van der Waals surface area contributed by atoms with Crippen LogP contribution in [0.4, 0.5) is 0 Å². The number of halogens is 2. The maximum absolute atomic E-state index is 6.10. The van der Waals surface area contributed by atoms with Crippen molar-refractivity contribution in [3.63, 3.8) is 0 Å². The molecule has 0 saturated carbocycles. The van der Waals surface area contributed by atoms with Gasteiger partial charge in [0, 0.05) is 20.1 Å². The molecule has 5 rings (SSSR count). The van der Waals surface area contributed by atoms with Crippen LogP contribution >= 0.6 is 31.9 Å². The van der Waals surface area contributed by atoms with Gasteiger partial charge >= 0.3 is 0 Å². The minimum Gasteiger partial charge on any atom is -0.416 e. The van der Waals surface area contributed by atoms with Gasteiger partial charge in [0.25, 0.3) is 0 Å². The van der Waals surface area contributed by atoms with Crippen LogP contribution in [0.3, 0.4) is 0 Å². The van der Waals surface area contributed by atoms with Crippen LogP contribution in [-0.2, 0) is 0 Å². The lowest BCUT2D eigenvalue weighted by Gasteiger charge is -2.05. The average molecular weight is 480 g/mol. The third kappa shape index (κ3) is 2.78. The van der Waals surface area contributed by atoms with Crippen LogP contribution < -0.4 is 0 Å². The zero-order chi connectivity index (χ0) is 18.4. The van der Waals surface area contributed by atoms with Crippen molar-refractivity contribution in [2.75, 3.05) is 0 Å². The van der Waals surface area contributed by atoms with E-state index in [0.29, 0.717) is 11.8 Å². The quantitative estimate of drug-likeness (QED) is 0.268. The summed E-state index contributed by atoms with van der Waals surface area (Å²) in [5, 5.41) is 13.0. The SMILES string of the molecule is Brc1cccc2c(-c3nnc(-c4cccc5c(Br)cccc45)o3)cccc12. The lowest BCUT2D eigenvalue weighted by molar-refractivity contribution is 0.586. The van der Waals surface area contributed by atoms with Crippen molar-refractivity contribution in [1.29, 1.82) is 0 Å². The van der Waals surface area contributed by atoms with E-state index in [0.717, 1.165) is 41.6 Å². The highest BCUT2D eigenvalue weighted by atomic mass is 79.9. The number of aromatic nitrogens is 2. The van der Waals surface area contributed by atoms with Crippen molar-refractivity contribution in [2.24, 2.45) is 0 Å². The average Bonchev–Trinajstić information content (AvgIpc) is 3.18. The molecule has 5 heteroatoms. The molecule has 0 fully saturated rings. The Bertz CT molecular complexity index is 1210. The third-order valence-corrected chi connectivity index (χ3v) is 6.01. The van der Waals surface area contributed by atoms with Crippen molar-refractivity contribution in [3.05, 3.63) is 81.7 Å². The number of benzene rings is 4. The second kappa shape index (κ2) is 6.59. The molecule has 5 aromatic rings. The van der Waals surface area contributed by atoms with Crippen molar-refractivity contribution in [1.82, 2.24) is 10.2 Å². The first-order valence-electron chi connectivity index (χ1n) is 8.41. The summed E-state index contributed by atoms with van der Waals surface area (Å²) in [6.07, 6.45) is 0. The van der Waals surface area contributed by atoms with Gasteiger partial charge in [0.05, 0.1) is 0 Å². The van der Waals surface area contributed by atoms with Crippen LogP contribution in [-0.4, -0.2) is 10.2 Å². The number of nitrogens with zero attached hydrogens (tertiary/aromatic N) is 2. The van der Waals surface area contributed by atoms with Crippen molar-refractivity contribution in [3.8, 4) is 22.9 Å². The highest BCUT2D eigenvalue weighted by Crippen LogP contribution is 2.35. The van der Waals surface area contributed by atoms with Gasteiger partial charge < -0.3 is 4.42 Å². The Hall–Kier alpha value is -2.50. The van der Waals surface area contributed by atoms with Crippen LogP contribution in [0.15, 0.2) is 86.2 Å². The molecule has 0 amide bonds. The molecule has 0 aliphatic carbocycles. The van der Waals surface area contributed by atoms with E-state index in [1.807, 2.05) is 48.5 Å². The normalized spacial score (nSPS) is 11.3. The monoisotopic (exact) mass is 478 g/mol. The Morgan fingerprint density at radius 3 is 1.41 bits per heavy atom. The van der Waals surface area contributed by atoms with Crippen LogP contribution in [0.2, 0.25) is 0 Å². The summed E-state index contributed by atoms with van der Waals surface area (Å²) >= 11 is 7.22. The van der Waals surface area contributed by atoms with Gasteiger partial charge in [-0.1, -0.05) is 80.4 Å². The van der Waals surface area contributed by atoms with Gasteiger partial charge in [-0.15, -0.1) is 10.2 Å². The smallest absolute Gasteiger partial charge is 0.248 e. The van der Waals surface area contributed by atoms with Crippen molar-refractivity contribution >= 4 is 53.4 Å². The van der Waals surface area contributed by atoms with E-state index in [4.69, 9.17) is 4.42 Å². The van der Waals surface area contributed by atoms with Crippen LogP contribution in [0.1, 0.15) is 0 Å². The topological polar surface area (TPSA) is 38.9 Å². The standard InChI is InChI=1S/C22H12Br2N2O/c23-19-11-3-5-13-15(19)7-1-9-17(13)21-25-26-22(27-21)18-10-2-8-16-14(18)6-4-12-20(16)24/h1-12H. The number of rotatable bonds is 2. The largest absolute Gasteiger partial charge is 0.416 e. The zero-order valence-electron chi connectivity index (χ0n) is 14.0. The fourth-order valence-electron chi connectivity index (χ4n) is 3.36. The molecule has 0 spiro atoms. The molecule has 0 unspecified atom stereocenters. The van der Waals surface area contributed by atoms with Gasteiger partial charge in [0.2, 0.25) is 11.8 Å². The summed E-state index contributed by atoms with van der Waals surface area (Å²) in [6, 6.07) is 24.4. The molecule has 0 bridgehead atoms. The fourth-order valence-corrected chi connectivity index (χ4v) is 4.35. The van der Waals surface area contributed by atoms with Gasteiger partial charge in [-0.05, 0) is 45.8 Å².